The fraction of sp³-hybridized carbons (Fsp3) is 0.167. The topological polar surface area (TPSA) is 3.88 Å². The summed E-state index contributed by atoms with van der Waals surface area (Å²) in [5, 5.41) is 0. The fourth-order valence-electron chi connectivity index (χ4n) is 0.514. The van der Waals surface area contributed by atoms with Gasteiger partial charge in [-0.05, 0) is 15.9 Å². The summed E-state index contributed by atoms with van der Waals surface area (Å²) >= 11 is 3.32. The molecule has 0 unspecified atom stereocenters. The van der Waals surface area contributed by atoms with Crippen LogP contribution in [-0.4, -0.2) is 0 Å². The maximum Gasteiger partial charge on any atom is 0.202 e. The first-order valence-electron chi connectivity index (χ1n) is 2.43. The molecule has 1 aromatic heterocycles. The van der Waals surface area contributed by atoms with Crippen LogP contribution in [0.5, 0.6) is 0 Å². The van der Waals surface area contributed by atoms with Gasteiger partial charge in [-0.25, -0.2) is 0 Å². The molecule has 1 heterocycles. The van der Waals surface area contributed by atoms with Crippen LogP contribution in [0.2, 0.25) is 0 Å². The first-order valence-corrected chi connectivity index (χ1v) is 3.55. The second-order valence-corrected chi connectivity index (χ2v) is 2.01. The van der Waals surface area contributed by atoms with Gasteiger partial charge in [-0.1, -0.05) is 6.07 Å². The third-order valence-corrected chi connectivity index (χ3v) is 1.49. The van der Waals surface area contributed by atoms with Crippen molar-refractivity contribution in [2.75, 3.05) is 0 Å². The van der Waals surface area contributed by atoms with Gasteiger partial charge in [0.2, 0.25) is 5.45 Å². The molecule has 0 atom stereocenters. The van der Waals surface area contributed by atoms with Gasteiger partial charge in [0, 0.05) is 12.1 Å². The monoisotopic (exact) mass is 252 g/mol. The molecule has 9 heavy (non-hydrogen) atoms. The van der Waals surface area contributed by atoms with E-state index in [1.807, 2.05) is 35.2 Å². The number of hydrogen-bond acceptors (Lipinski definition) is 0. The van der Waals surface area contributed by atoms with Gasteiger partial charge in [-0.2, -0.15) is 4.57 Å². The lowest BCUT2D eigenvalue weighted by atomic mass is 10.5. The van der Waals surface area contributed by atoms with Crippen LogP contribution in [0.3, 0.4) is 0 Å². The van der Waals surface area contributed by atoms with Crippen molar-refractivity contribution in [1.82, 2.24) is 0 Å². The van der Waals surface area contributed by atoms with E-state index >= 15 is 0 Å². The lowest BCUT2D eigenvalue weighted by Crippen LogP contribution is -2.28. The second kappa shape index (κ2) is 4.94. The summed E-state index contributed by atoms with van der Waals surface area (Å²) in [5.74, 6) is 0. The summed E-state index contributed by atoms with van der Waals surface area (Å²) in [6, 6.07) is 6.00. The molecule has 3 heteroatoms. The maximum atomic E-state index is 3.32. The first kappa shape index (κ1) is 9.11. The van der Waals surface area contributed by atoms with Crippen molar-refractivity contribution in [2.45, 2.75) is 5.45 Å². The van der Waals surface area contributed by atoms with Crippen LogP contribution in [0.4, 0.5) is 0 Å². The first-order chi connectivity index (χ1) is 3.93. The molecule has 50 valence electrons. The molecule has 0 saturated heterocycles. The molecular weight excluding hydrogens is 246 g/mol. The van der Waals surface area contributed by atoms with E-state index in [2.05, 4.69) is 15.9 Å². The summed E-state index contributed by atoms with van der Waals surface area (Å²) in [5.41, 5.74) is 0.869. The fourth-order valence-corrected chi connectivity index (χ4v) is 0.848. The number of alkyl halides is 1. The van der Waals surface area contributed by atoms with Gasteiger partial charge in [-0.3, -0.25) is 0 Å². The highest BCUT2D eigenvalue weighted by molar-refractivity contribution is 9.08. The van der Waals surface area contributed by atoms with Gasteiger partial charge in [0.05, 0.1) is 0 Å². The minimum Gasteiger partial charge on any atom is -0.195 e. The van der Waals surface area contributed by atoms with Crippen LogP contribution in [0.1, 0.15) is 0 Å². The summed E-state index contributed by atoms with van der Waals surface area (Å²) in [4.78, 5) is 0. The molecule has 0 aliphatic carbocycles. The van der Waals surface area contributed by atoms with E-state index in [-0.39, 0.29) is 17.0 Å². The molecule has 0 bridgehead atoms. The summed E-state index contributed by atoms with van der Waals surface area (Å²) in [6.45, 7) is 0. The second-order valence-electron chi connectivity index (χ2n) is 1.51. The minimum absolute atomic E-state index is 0. The van der Waals surface area contributed by atoms with Crippen molar-refractivity contribution in [2.24, 2.45) is 0 Å². The Hall–Kier alpha value is 0.110. The van der Waals surface area contributed by atoms with E-state index in [4.69, 9.17) is 0 Å². The third kappa shape index (κ3) is 2.96. The zero-order chi connectivity index (χ0) is 5.82. The largest absolute Gasteiger partial charge is 0.202 e. The van der Waals surface area contributed by atoms with Crippen molar-refractivity contribution in [3.63, 3.8) is 0 Å². The number of aromatic nitrogens is 1. The number of halogens is 2. The van der Waals surface area contributed by atoms with Gasteiger partial charge < -0.3 is 0 Å². The average molecular weight is 254 g/mol. The number of pyridine rings is 1. The Balaban J connectivity index is 0.000000640. The molecule has 0 amide bonds. The van der Waals surface area contributed by atoms with Crippen LogP contribution in [0.15, 0.2) is 30.6 Å². The molecule has 0 aromatic carbocycles. The summed E-state index contributed by atoms with van der Waals surface area (Å²) in [7, 11) is 0. The Morgan fingerprint density at radius 1 is 1.11 bits per heavy atom. The highest BCUT2D eigenvalue weighted by Crippen LogP contribution is 1.80. The lowest BCUT2D eigenvalue weighted by Gasteiger charge is -1.83. The van der Waals surface area contributed by atoms with Crippen LogP contribution in [0, 0.1) is 0 Å². The van der Waals surface area contributed by atoms with Crippen LogP contribution >= 0.6 is 32.9 Å². The summed E-state index contributed by atoms with van der Waals surface area (Å²) < 4.78 is 2.04. The number of rotatable bonds is 1. The molecule has 1 aromatic rings. The molecule has 0 spiro atoms. The molecule has 0 fully saturated rings. The van der Waals surface area contributed by atoms with Crippen LogP contribution in [-0.2, 0) is 5.45 Å². The van der Waals surface area contributed by atoms with Gasteiger partial charge in [0.25, 0.3) is 0 Å². The Kier molecular flexibility index (Phi) is 5.00. The van der Waals surface area contributed by atoms with Crippen molar-refractivity contribution >= 4 is 32.9 Å². The molecular formula is C6H8Br2N+. The van der Waals surface area contributed by atoms with E-state index in [1.165, 1.54) is 0 Å². The van der Waals surface area contributed by atoms with Gasteiger partial charge in [-0.15, -0.1) is 17.0 Å². The maximum absolute atomic E-state index is 3.32. The number of hydrogen-bond donors (Lipinski definition) is 0. The van der Waals surface area contributed by atoms with Crippen molar-refractivity contribution < 1.29 is 4.57 Å². The van der Waals surface area contributed by atoms with Crippen molar-refractivity contribution in [3.8, 4) is 0 Å². The normalized spacial score (nSPS) is 8.11. The predicted octanol–water partition coefficient (Wildman–Crippen LogP) is 1.90. The zero-order valence-electron chi connectivity index (χ0n) is 4.83. The predicted molar refractivity (Wildman–Crippen MR) is 45.9 cm³/mol. The average Bonchev–Trinajstić information content (AvgIpc) is 1.90. The van der Waals surface area contributed by atoms with E-state index in [0.717, 1.165) is 5.45 Å². The van der Waals surface area contributed by atoms with Crippen molar-refractivity contribution in [1.29, 1.82) is 0 Å². The Labute approximate surface area is 73.6 Å². The van der Waals surface area contributed by atoms with Crippen LogP contribution in [0.25, 0.3) is 0 Å². The van der Waals surface area contributed by atoms with Gasteiger partial charge in [0.15, 0.2) is 12.4 Å². The minimum atomic E-state index is 0. The molecule has 0 aliphatic heterocycles. The number of nitrogens with zero attached hydrogens (tertiary/aromatic N) is 1. The van der Waals surface area contributed by atoms with E-state index in [1.54, 1.807) is 0 Å². The standard InChI is InChI=1S/C6H7BrN.BrH/c7-6-8-4-2-1-3-5-8;/h1-5H,6H2;1H/q+1;. The SMILES string of the molecule is Br.BrC[n+]1ccccc1. The summed E-state index contributed by atoms with van der Waals surface area (Å²) in [6.07, 6.45) is 4.02. The van der Waals surface area contributed by atoms with E-state index in [0.29, 0.717) is 0 Å². The van der Waals surface area contributed by atoms with Gasteiger partial charge in [0.1, 0.15) is 0 Å². The third-order valence-electron chi connectivity index (χ3n) is 0.915. The lowest BCUT2D eigenvalue weighted by molar-refractivity contribution is -0.674. The smallest absolute Gasteiger partial charge is 0.195 e. The highest BCUT2D eigenvalue weighted by Gasteiger charge is 1.87. The molecule has 0 N–H and O–H groups in total. The van der Waals surface area contributed by atoms with Crippen LogP contribution < -0.4 is 4.57 Å². The molecule has 0 aliphatic rings. The van der Waals surface area contributed by atoms with Gasteiger partial charge >= 0.3 is 0 Å². The Bertz CT molecular complexity index is 152. The molecule has 0 radical (unpaired) electrons. The molecule has 1 rings (SSSR count). The molecule has 1 nitrogen and oxygen atoms in total. The molecule has 0 saturated carbocycles. The quantitative estimate of drug-likeness (QED) is 0.532. The van der Waals surface area contributed by atoms with Crippen molar-refractivity contribution in [3.05, 3.63) is 30.6 Å². The Morgan fingerprint density at radius 2 is 1.67 bits per heavy atom. The van der Waals surface area contributed by atoms with E-state index in [9.17, 15) is 0 Å². The highest BCUT2D eigenvalue weighted by atomic mass is 79.9. The van der Waals surface area contributed by atoms with E-state index < -0.39 is 0 Å². The Morgan fingerprint density at radius 3 is 2.00 bits per heavy atom. The zero-order valence-corrected chi connectivity index (χ0v) is 8.13.